The van der Waals surface area contributed by atoms with E-state index in [0.29, 0.717) is 5.56 Å². The lowest BCUT2D eigenvalue weighted by Gasteiger charge is -2.13. The molecule has 4 heteroatoms. The lowest BCUT2D eigenvalue weighted by atomic mass is 9.99. The second-order valence-corrected chi connectivity index (χ2v) is 5.93. The summed E-state index contributed by atoms with van der Waals surface area (Å²) < 4.78 is 0. The van der Waals surface area contributed by atoms with E-state index in [1.807, 2.05) is 30.3 Å². The molecule has 0 heterocycles. The van der Waals surface area contributed by atoms with Crippen molar-refractivity contribution < 1.29 is 14.7 Å². The minimum atomic E-state index is -1.03. The van der Waals surface area contributed by atoms with Crippen molar-refractivity contribution in [3.63, 3.8) is 0 Å². The van der Waals surface area contributed by atoms with Crippen LogP contribution >= 0.6 is 0 Å². The van der Waals surface area contributed by atoms with Crippen LogP contribution in [-0.4, -0.2) is 23.0 Å². The van der Waals surface area contributed by atoms with Crippen LogP contribution in [0.4, 0.5) is 0 Å². The Kier molecular flexibility index (Phi) is 4.42. The molecule has 0 unspecified atom stereocenters. The molecular weight excluding hydrogens is 290 g/mol. The molecular formula is C19H19NO3. The summed E-state index contributed by atoms with van der Waals surface area (Å²) in [5, 5.41) is 12.3. The molecule has 1 amide bonds. The molecule has 4 nitrogen and oxygen atoms in total. The van der Waals surface area contributed by atoms with E-state index in [2.05, 4.69) is 5.32 Å². The maximum absolute atomic E-state index is 12.5. The highest BCUT2D eigenvalue weighted by atomic mass is 16.4. The van der Waals surface area contributed by atoms with E-state index in [0.717, 1.165) is 36.8 Å². The zero-order valence-corrected chi connectivity index (χ0v) is 12.8. The summed E-state index contributed by atoms with van der Waals surface area (Å²) in [5.74, 6) is -1.23. The number of hydrogen-bond acceptors (Lipinski definition) is 2. The highest BCUT2D eigenvalue weighted by Gasteiger charge is 2.19. The monoisotopic (exact) mass is 309 g/mol. The number of carbonyl (C=O) groups is 2. The summed E-state index contributed by atoms with van der Waals surface area (Å²) in [5.41, 5.74) is 2.16. The lowest BCUT2D eigenvalue weighted by Crippen LogP contribution is -2.32. The quantitative estimate of drug-likeness (QED) is 0.904. The molecule has 0 radical (unpaired) electrons. The number of nitrogens with one attached hydrogen (secondary N) is 1. The van der Waals surface area contributed by atoms with Crippen molar-refractivity contribution in [2.75, 3.05) is 0 Å². The van der Waals surface area contributed by atoms with Crippen molar-refractivity contribution in [3.8, 4) is 11.1 Å². The van der Waals surface area contributed by atoms with Gasteiger partial charge in [-0.2, -0.15) is 0 Å². The fourth-order valence-corrected chi connectivity index (χ4v) is 3.02. The van der Waals surface area contributed by atoms with E-state index in [1.165, 1.54) is 6.07 Å². The maximum atomic E-state index is 12.5. The zero-order valence-electron chi connectivity index (χ0n) is 12.8. The minimum Gasteiger partial charge on any atom is -0.478 e. The lowest BCUT2D eigenvalue weighted by molar-refractivity contribution is 0.0697. The number of carboxylic acids is 1. The first-order chi connectivity index (χ1) is 11.1. The van der Waals surface area contributed by atoms with Crippen molar-refractivity contribution in [2.24, 2.45) is 0 Å². The van der Waals surface area contributed by atoms with Crippen LogP contribution < -0.4 is 5.32 Å². The molecule has 118 valence electrons. The fraction of sp³-hybridized carbons (Fsp3) is 0.263. The smallest absolute Gasteiger partial charge is 0.335 e. The Morgan fingerprint density at radius 3 is 2.22 bits per heavy atom. The van der Waals surface area contributed by atoms with Gasteiger partial charge in [0, 0.05) is 11.6 Å². The summed E-state index contributed by atoms with van der Waals surface area (Å²) in [4.78, 5) is 23.8. The Balaban J connectivity index is 1.94. The van der Waals surface area contributed by atoms with Crippen LogP contribution in [0.1, 0.15) is 46.4 Å². The number of aromatic carboxylic acids is 1. The van der Waals surface area contributed by atoms with E-state index in [1.54, 1.807) is 12.1 Å². The normalized spacial score (nSPS) is 14.6. The zero-order chi connectivity index (χ0) is 16.2. The van der Waals surface area contributed by atoms with Gasteiger partial charge in [0.25, 0.3) is 5.91 Å². The molecule has 1 fully saturated rings. The summed E-state index contributed by atoms with van der Waals surface area (Å²) >= 11 is 0. The van der Waals surface area contributed by atoms with E-state index in [-0.39, 0.29) is 17.5 Å². The van der Waals surface area contributed by atoms with Gasteiger partial charge in [-0.05, 0) is 42.2 Å². The Hall–Kier alpha value is -2.62. The van der Waals surface area contributed by atoms with Gasteiger partial charge in [0.15, 0.2) is 0 Å². The number of hydrogen-bond donors (Lipinski definition) is 2. The Morgan fingerprint density at radius 2 is 1.57 bits per heavy atom. The van der Waals surface area contributed by atoms with Gasteiger partial charge < -0.3 is 10.4 Å². The Bertz CT molecular complexity index is 719. The van der Waals surface area contributed by atoms with Crippen molar-refractivity contribution in [3.05, 3.63) is 59.7 Å². The summed E-state index contributed by atoms with van der Waals surface area (Å²) in [7, 11) is 0. The van der Waals surface area contributed by atoms with Crippen LogP contribution in [0.3, 0.4) is 0 Å². The SMILES string of the molecule is O=C(O)c1cc(C(=O)NC2CCCC2)cc(-c2ccccc2)c1. The summed E-state index contributed by atoms with van der Waals surface area (Å²) in [6, 6.07) is 14.5. The van der Waals surface area contributed by atoms with Gasteiger partial charge in [0.2, 0.25) is 0 Å². The van der Waals surface area contributed by atoms with Crippen LogP contribution in [0.5, 0.6) is 0 Å². The Morgan fingerprint density at radius 1 is 0.913 bits per heavy atom. The number of benzene rings is 2. The molecule has 0 aromatic heterocycles. The number of rotatable bonds is 4. The third-order valence-electron chi connectivity index (χ3n) is 4.24. The molecule has 1 saturated carbocycles. The summed E-state index contributed by atoms with van der Waals surface area (Å²) in [6.07, 6.45) is 4.26. The predicted molar refractivity (Wildman–Crippen MR) is 88.6 cm³/mol. The highest BCUT2D eigenvalue weighted by Crippen LogP contribution is 2.23. The molecule has 2 aromatic carbocycles. The standard InChI is InChI=1S/C19H19NO3/c21-18(20-17-8-4-5-9-17)15-10-14(11-16(12-15)19(22)23)13-6-2-1-3-7-13/h1-3,6-7,10-12,17H,4-5,8-9H2,(H,20,21)(H,22,23). The van der Waals surface area contributed by atoms with Crippen molar-refractivity contribution >= 4 is 11.9 Å². The molecule has 1 aliphatic rings. The number of carboxylic acid groups (broad SMARTS) is 1. The molecule has 1 aliphatic carbocycles. The topological polar surface area (TPSA) is 66.4 Å². The van der Waals surface area contributed by atoms with Gasteiger partial charge in [0.1, 0.15) is 0 Å². The molecule has 0 saturated heterocycles. The maximum Gasteiger partial charge on any atom is 0.335 e. The van der Waals surface area contributed by atoms with Gasteiger partial charge in [0.05, 0.1) is 5.56 Å². The van der Waals surface area contributed by atoms with Crippen LogP contribution in [0.25, 0.3) is 11.1 Å². The highest BCUT2D eigenvalue weighted by molar-refractivity contribution is 5.99. The van der Waals surface area contributed by atoms with Gasteiger partial charge in [-0.3, -0.25) is 4.79 Å². The predicted octanol–water partition coefficient (Wildman–Crippen LogP) is 3.72. The van der Waals surface area contributed by atoms with Crippen molar-refractivity contribution in [2.45, 2.75) is 31.7 Å². The van der Waals surface area contributed by atoms with Crippen LogP contribution in [0.15, 0.2) is 48.5 Å². The van der Waals surface area contributed by atoms with Crippen molar-refractivity contribution in [1.29, 1.82) is 0 Å². The van der Waals surface area contributed by atoms with E-state index < -0.39 is 5.97 Å². The van der Waals surface area contributed by atoms with Gasteiger partial charge in [-0.25, -0.2) is 4.79 Å². The minimum absolute atomic E-state index is 0.128. The first-order valence-corrected chi connectivity index (χ1v) is 7.88. The van der Waals surface area contributed by atoms with Crippen LogP contribution in [0, 0.1) is 0 Å². The van der Waals surface area contributed by atoms with Gasteiger partial charge >= 0.3 is 5.97 Å². The molecule has 2 aromatic rings. The average Bonchev–Trinajstić information content (AvgIpc) is 3.08. The van der Waals surface area contributed by atoms with E-state index in [4.69, 9.17) is 0 Å². The third-order valence-corrected chi connectivity index (χ3v) is 4.24. The van der Waals surface area contributed by atoms with Crippen LogP contribution in [-0.2, 0) is 0 Å². The second kappa shape index (κ2) is 6.65. The third kappa shape index (κ3) is 3.59. The molecule has 2 N–H and O–H groups in total. The van der Waals surface area contributed by atoms with Gasteiger partial charge in [-0.1, -0.05) is 43.2 Å². The summed E-state index contributed by atoms with van der Waals surface area (Å²) in [6.45, 7) is 0. The van der Waals surface area contributed by atoms with Crippen LogP contribution in [0.2, 0.25) is 0 Å². The average molecular weight is 309 g/mol. The largest absolute Gasteiger partial charge is 0.478 e. The number of amides is 1. The number of carbonyl (C=O) groups excluding carboxylic acids is 1. The van der Waals surface area contributed by atoms with Gasteiger partial charge in [-0.15, -0.1) is 0 Å². The fourth-order valence-electron chi connectivity index (χ4n) is 3.02. The van der Waals surface area contributed by atoms with E-state index >= 15 is 0 Å². The molecule has 0 aliphatic heterocycles. The molecule has 23 heavy (non-hydrogen) atoms. The first-order valence-electron chi connectivity index (χ1n) is 7.88. The molecule has 0 atom stereocenters. The molecule has 3 rings (SSSR count). The molecule has 0 bridgehead atoms. The second-order valence-electron chi connectivity index (χ2n) is 5.93. The van der Waals surface area contributed by atoms with Crippen molar-refractivity contribution in [1.82, 2.24) is 5.32 Å². The Labute approximate surface area is 135 Å². The molecule has 0 spiro atoms. The first kappa shape index (κ1) is 15.3. The van der Waals surface area contributed by atoms with E-state index in [9.17, 15) is 14.7 Å².